The first-order chi connectivity index (χ1) is 8.97. The van der Waals surface area contributed by atoms with E-state index < -0.39 is 0 Å². The average molecular weight is 262 g/mol. The Balaban J connectivity index is 2.95. The van der Waals surface area contributed by atoms with Gasteiger partial charge in [-0.3, -0.25) is 4.79 Å². The Hall–Kier alpha value is -1.51. The molecule has 0 radical (unpaired) electrons. The summed E-state index contributed by atoms with van der Waals surface area (Å²) in [6.07, 6.45) is 1.62. The maximum atomic E-state index is 10.3. The predicted octanol–water partition coefficient (Wildman–Crippen LogP) is 2.76. The van der Waals surface area contributed by atoms with Crippen LogP contribution in [0, 0.1) is 12.8 Å². The molecule has 0 saturated heterocycles. The molecule has 3 nitrogen and oxygen atoms in total. The fourth-order valence-electron chi connectivity index (χ4n) is 2.15. The van der Waals surface area contributed by atoms with Gasteiger partial charge in [-0.05, 0) is 43.4 Å². The number of anilines is 1. The standard InChI is InChI=1S/C16H26N2O/c1-12(2)14(4)18(5)16-10-13(3)6-7-15(16)8-9-17-11-19/h6-7,10-12,14H,8-9H2,1-5H3,(H,17,19). The molecule has 0 aliphatic rings. The van der Waals surface area contributed by atoms with Crippen molar-refractivity contribution in [3.63, 3.8) is 0 Å². The molecule has 0 saturated carbocycles. The van der Waals surface area contributed by atoms with Crippen LogP contribution in [0.4, 0.5) is 5.69 Å². The summed E-state index contributed by atoms with van der Waals surface area (Å²) in [7, 11) is 2.15. The van der Waals surface area contributed by atoms with Gasteiger partial charge in [0.15, 0.2) is 0 Å². The number of carbonyl (C=O) groups is 1. The zero-order chi connectivity index (χ0) is 14.4. The van der Waals surface area contributed by atoms with Crippen molar-refractivity contribution in [2.75, 3.05) is 18.5 Å². The van der Waals surface area contributed by atoms with Gasteiger partial charge in [0.05, 0.1) is 0 Å². The minimum atomic E-state index is 0.486. The second-order valence-corrected chi connectivity index (χ2v) is 5.55. The van der Waals surface area contributed by atoms with Crippen LogP contribution in [0.15, 0.2) is 18.2 Å². The van der Waals surface area contributed by atoms with Crippen LogP contribution in [0.5, 0.6) is 0 Å². The first-order valence-corrected chi connectivity index (χ1v) is 6.96. The van der Waals surface area contributed by atoms with E-state index in [1.165, 1.54) is 16.8 Å². The van der Waals surface area contributed by atoms with Crippen LogP contribution in [0.3, 0.4) is 0 Å². The summed E-state index contributed by atoms with van der Waals surface area (Å²) in [4.78, 5) is 12.7. The molecule has 1 aromatic carbocycles. The van der Waals surface area contributed by atoms with Crippen LogP contribution in [-0.2, 0) is 11.2 Å². The maximum Gasteiger partial charge on any atom is 0.207 e. The summed E-state index contributed by atoms with van der Waals surface area (Å²) >= 11 is 0. The monoisotopic (exact) mass is 262 g/mol. The van der Waals surface area contributed by atoms with Crippen molar-refractivity contribution in [2.45, 2.75) is 40.2 Å². The highest BCUT2D eigenvalue weighted by molar-refractivity contribution is 5.56. The van der Waals surface area contributed by atoms with Crippen molar-refractivity contribution < 1.29 is 4.79 Å². The van der Waals surface area contributed by atoms with Gasteiger partial charge in [0.25, 0.3) is 0 Å². The number of amides is 1. The minimum Gasteiger partial charge on any atom is -0.371 e. The van der Waals surface area contributed by atoms with Crippen LogP contribution < -0.4 is 10.2 Å². The van der Waals surface area contributed by atoms with Crippen molar-refractivity contribution in [1.29, 1.82) is 0 Å². The molecule has 0 aromatic heterocycles. The van der Waals surface area contributed by atoms with Crippen molar-refractivity contribution in [1.82, 2.24) is 5.32 Å². The average Bonchev–Trinajstić information content (AvgIpc) is 2.38. The molecule has 0 heterocycles. The van der Waals surface area contributed by atoms with Crippen molar-refractivity contribution in [3.8, 4) is 0 Å². The highest BCUT2D eigenvalue weighted by atomic mass is 16.1. The lowest BCUT2D eigenvalue weighted by Crippen LogP contribution is -2.34. The topological polar surface area (TPSA) is 32.3 Å². The van der Waals surface area contributed by atoms with E-state index in [0.29, 0.717) is 18.5 Å². The number of hydrogen-bond donors (Lipinski definition) is 1. The number of benzene rings is 1. The first-order valence-electron chi connectivity index (χ1n) is 6.96. The molecule has 1 unspecified atom stereocenters. The summed E-state index contributed by atoms with van der Waals surface area (Å²) in [5.41, 5.74) is 3.83. The Morgan fingerprint density at radius 1 is 1.32 bits per heavy atom. The first kappa shape index (κ1) is 15.5. The third kappa shape index (κ3) is 4.27. The van der Waals surface area contributed by atoms with Gasteiger partial charge in [-0.15, -0.1) is 0 Å². The highest BCUT2D eigenvalue weighted by Crippen LogP contribution is 2.25. The fourth-order valence-corrected chi connectivity index (χ4v) is 2.15. The van der Waals surface area contributed by atoms with Crippen molar-refractivity contribution in [2.24, 2.45) is 5.92 Å². The Labute approximate surface area is 117 Å². The lowest BCUT2D eigenvalue weighted by Gasteiger charge is -2.32. The minimum absolute atomic E-state index is 0.486. The lowest BCUT2D eigenvalue weighted by atomic mass is 10.0. The van der Waals surface area contributed by atoms with Gasteiger partial charge >= 0.3 is 0 Å². The SMILES string of the molecule is Cc1ccc(CCNC=O)c(N(C)C(C)C(C)C)c1. The lowest BCUT2D eigenvalue weighted by molar-refractivity contribution is -0.109. The molecular formula is C16H26N2O. The Bertz CT molecular complexity index is 415. The quantitative estimate of drug-likeness (QED) is 0.605. The second-order valence-electron chi connectivity index (χ2n) is 5.55. The molecule has 106 valence electrons. The summed E-state index contributed by atoms with van der Waals surface area (Å²) in [5, 5.41) is 2.73. The summed E-state index contributed by atoms with van der Waals surface area (Å²) in [6.45, 7) is 9.53. The van der Waals surface area contributed by atoms with E-state index in [9.17, 15) is 4.79 Å². The van der Waals surface area contributed by atoms with E-state index in [-0.39, 0.29) is 0 Å². The van der Waals surface area contributed by atoms with Gasteiger partial charge < -0.3 is 10.2 Å². The molecule has 0 spiro atoms. The van der Waals surface area contributed by atoms with Crippen LogP contribution in [-0.4, -0.2) is 26.0 Å². The number of rotatable bonds is 7. The Morgan fingerprint density at radius 2 is 2.00 bits per heavy atom. The van der Waals surface area contributed by atoms with E-state index in [1.807, 2.05) is 0 Å². The molecule has 1 N–H and O–H groups in total. The van der Waals surface area contributed by atoms with Gasteiger partial charge in [0.1, 0.15) is 0 Å². The van der Waals surface area contributed by atoms with E-state index in [4.69, 9.17) is 0 Å². The molecule has 0 bridgehead atoms. The predicted molar refractivity (Wildman–Crippen MR) is 81.7 cm³/mol. The molecule has 3 heteroatoms. The number of nitrogens with one attached hydrogen (secondary N) is 1. The Morgan fingerprint density at radius 3 is 2.58 bits per heavy atom. The zero-order valence-electron chi connectivity index (χ0n) is 12.7. The molecule has 1 rings (SSSR count). The van der Waals surface area contributed by atoms with Crippen LogP contribution in [0.25, 0.3) is 0 Å². The molecule has 0 aliphatic carbocycles. The third-order valence-corrected chi connectivity index (χ3v) is 3.82. The number of aryl methyl sites for hydroxylation is 1. The largest absolute Gasteiger partial charge is 0.371 e. The molecule has 1 aromatic rings. The van der Waals surface area contributed by atoms with E-state index >= 15 is 0 Å². The molecule has 1 amide bonds. The molecule has 19 heavy (non-hydrogen) atoms. The molecule has 0 aliphatic heterocycles. The molecule has 0 fully saturated rings. The van der Waals surface area contributed by atoms with Gasteiger partial charge in [-0.1, -0.05) is 26.0 Å². The van der Waals surface area contributed by atoms with Gasteiger partial charge in [0, 0.05) is 25.3 Å². The zero-order valence-corrected chi connectivity index (χ0v) is 12.7. The fraction of sp³-hybridized carbons (Fsp3) is 0.562. The van der Waals surface area contributed by atoms with Crippen molar-refractivity contribution in [3.05, 3.63) is 29.3 Å². The van der Waals surface area contributed by atoms with Crippen LogP contribution in [0.1, 0.15) is 31.9 Å². The number of carbonyl (C=O) groups excluding carboxylic acids is 1. The highest BCUT2D eigenvalue weighted by Gasteiger charge is 2.16. The summed E-state index contributed by atoms with van der Waals surface area (Å²) < 4.78 is 0. The smallest absolute Gasteiger partial charge is 0.207 e. The van der Waals surface area contributed by atoms with Gasteiger partial charge in [0.2, 0.25) is 6.41 Å². The van der Waals surface area contributed by atoms with Crippen LogP contribution >= 0.6 is 0 Å². The summed E-state index contributed by atoms with van der Waals surface area (Å²) in [6, 6.07) is 7.02. The maximum absolute atomic E-state index is 10.3. The number of hydrogen-bond acceptors (Lipinski definition) is 2. The van der Waals surface area contributed by atoms with E-state index in [0.717, 1.165) is 12.8 Å². The van der Waals surface area contributed by atoms with E-state index in [1.54, 1.807) is 0 Å². The van der Waals surface area contributed by atoms with Crippen LogP contribution in [0.2, 0.25) is 0 Å². The third-order valence-electron chi connectivity index (χ3n) is 3.82. The molecular weight excluding hydrogens is 236 g/mol. The Kier molecular flexibility index (Phi) is 5.87. The second kappa shape index (κ2) is 7.17. The molecule has 1 atom stereocenters. The van der Waals surface area contributed by atoms with Gasteiger partial charge in [-0.25, -0.2) is 0 Å². The van der Waals surface area contributed by atoms with E-state index in [2.05, 4.69) is 63.2 Å². The normalized spacial score (nSPS) is 12.3. The number of nitrogens with zero attached hydrogens (tertiary/aromatic N) is 1. The van der Waals surface area contributed by atoms with Gasteiger partial charge in [-0.2, -0.15) is 0 Å². The van der Waals surface area contributed by atoms with Crippen molar-refractivity contribution >= 4 is 12.1 Å². The summed E-state index contributed by atoms with van der Waals surface area (Å²) in [5.74, 6) is 0.603.